The van der Waals surface area contributed by atoms with Crippen molar-refractivity contribution in [1.29, 1.82) is 0 Å². The third-order valence-electron chi connectivity index (χ3n) is 3.33. The predicted octanol–water partition coefficient (Wildman–Crippen LogP) is 3.22. The van der Waals surface area contributed by atoms with Gasteiger partial charge in [-0.15, -0.1) is 0 Å². The number of nitrogens with one attached hydrogen (secondary N) is 1. The van der Waals surface area contributed by atoms with Crippen LogP contribution in [-0.2, 0) is 4.79 Å². The minimum atomic E-state index is -0.725. The van der Waals surface area contributed by atoms with Crippen LogP contribution in [-0.4, -0.2) is 11.9 Å². The Morgan fingerprint density at radius 3 is 2.38 bits per heavy atom. The minimum absolute atomic E-state index is 0.159. The summed E-state index contributed by atoms with van der Waals surface area (Å²) in [5.74, 6) is -0.0229. The van der Waals surface area contributed by atoms with Crippen molar-refractivity contribution in [3.8, 4) is 5.75 Å². The first kappa shape index (κ1) is 13.6. The molecule has 0 radical (unpaired) electrons. The van der Waals surface area contributed by atoms with Crippen molar-refractivity contribution in [2.24, 2.45) is 0 Å². The highest BCUT2D eigenvalue weighted by molar-refractivity contribution is 5.83. The van der Waals surface area contributed by atoms with Gasteiger partial charge in [0.2, 0.25) is 6.10 Å². The summed E-state index contributed by atoms with van der Waals surface area (Å²) in [5.41, 5.74) is 0.778. The predicted molar refractivity (Wildman–Crippen MR) is 77.4 cm³/mol. The Morgan fingerprint density at radius 2 is 1.76 bits per heavy atom. The van der Waals surface area contributed by atoms with E-state index in [2.05, 4.69) is 5.32 Å². The van der Waals surface area contributed by atoms with Crippen LogP contribution in [0.2, 0.25) is 0 Å². The van der Waals surface area contributed by atoms with Gasteiger partial charge < -0.3 is 10.1 Å². The van der Waals surface area contributed by atoms with Gasteiger partial charge in [0, 0.05) is 11.6 Å². The van der Waals surface area contributed by atoms with E-state index in [1.165, 1.54) is 24.3 Å². The summed E-state index contributed by atoms with van der Waals surface area (Å²) >= 11 is 0. The van der Waals surface area contributed by atoms with Gasteiger partial charge >= 0.3 is 0 Å². The molecule has 0 unspecified atom stereocenters. The first-order valence-electron chi connectivity index (χ1n) is 7.00. The average molecular weight is 285 g/mol. The van der Waals surface area contributed by atoms with Gasteiger partial charge in [0.15, 0.2) is 0 Å². The number of halogens is 1. The second-order valence-electron chi connectivity index (χ2n) is 5.15. The molecule has 2 aromatic carbocycles. The maximum absolute atomic E-state index is 13.0. The molecule has 21 heavy (non-hydrogen) atoms. The quantitative estimate of drug-likeness (QED) is 0.916. The van der Waals surface area contributed by atoms with Crippen molar-refractivity contribution in [2.45, 2.75) is 25.0 Å². The van der Waals surface area contributed by atoms with E-state index in [9.17, 15) is 9.18 Å². The summed E-state index contributed by atoms with van der Waals surface area (Å²) in [5, 5.41) is 2.95. The second-order valence-corrected chi connectivity index (χ2v) is 5.15. The van der Waals surface area contributed by atoms with Gasteiger partial charge in [0.25, 0.3) is 5.91 Å². The third-order valence-corrected chi connectivity index (χ3v) is 3.33. The molecule has 1 saturated carbocycles. The molecule has 0 bridgehead atoms. The molecule has 1 aliphatic carbocycles. The van der Waals surface area contributed by atoms with E-state index in [0.717, 1.165) is 18.4 Å². The monoisotopic (exact) mass is 285 g/mol. The average Bonchev–Trinajstić information content (AvgIpc) is 3.31. The van der Waals surface area contributed by atoms with Crippen molar-refractivity contribution in [3.63, 3.8) is 0 Å². The van der Waals surface area contributed by atoms with Crippen LogP contribution in [0.4, 0.5) is 4.39 Å². The Morgan fingerprint density at radius 1 is 1.10 bits per heavy atom. The Kier molecular flexibility index (Phi) is 3.86. The topological polar surface area (TPSA) is 38.3 Å². The summed E-state index contributed by atoms with van der Waals surface area (Å²) in [7, 11) is 0. The molecule has 0 aliphatic heterocycles. The van der Waals surface area contributed by atoms with Crippen LogP contribution >= 0.6 is 0 Å². The SMILES string of the molecule is O=C(NC1CC1)[C@H](Oc1ccc(F)cc1)c1ccccc1. The zero-order valence-electron chi connectivity index (χ0n) is 11.5. The number of benzene rings is 2. The van der Waals surface area contributed by atoms with E-state index in [1.54, 1.807) is 0 Å². The Hall–Kier alpha value is -2.36. The maximum atomic E-state index is 13.0. The number of ether oxygens (including phenoxy) is 1. The standard InChI is InChI=1S/C17H16FNO2/c18-13-6-10-15(11-7-13)21-16(12-4-2-1-3-5-12)17(20)19-14-8-9-14/h1-7,10-11,14,16H,8-9H2,(H,19,20)/t16-/m1/s1. The molecule has 1 amide bonds. The number of amides is 1. The summed E-state index contributed by atoms with van der Waals surface area (Å²) in [6.07, 6.45) is 1.31. The molecular weight excluding hydrogens is 269 g/mol. The van der Waals surface area contributed by atoms with Gasteiger partial charge in [0.1, 0.15) is 11.6 Å². The zero-order valence-corrected chi connectivity index (χ0v) is 11.5. The number of rotatable bonds is 5. The molecule has 0 aromatic heterocycles. The summed E-state index contributed by atoms with van der Waals surface area (Å²) in [6.45, 7) is 0. The van der Waals surface area contributed by atoms with Crippen molar-refractivity contribution in [3.05, 3.63) is 66.0 Å². The largest absolute Gasteiger partial charge is 0.476 e. The van der Waals surface area contributed by atoms with E-state index in [0.29, 0.717) is 5.75 Å². The molecule has 0 spiro atoms. The van der Waals surface area contributed by atoms with E-state index < -0.39 is 6.10 Å². The first-order chi connectivity index (χ1) is 10.2. The van der Waals surface area contributed by atoms with E-state index in [-0.39, 0.29) is 17.8 Å². The summed E-state index contributed by atoms with van der Waals surface area (Å²) in [4.78, 5) is 12.4. The van der Waals surface area contributed by atoms with Gasteiger partial charge in [-0.3, -0.25) is 4.79 Å². The normalized spacial score (nSPS) is 15.3. The van der Waals surface area contributed by atoms with Crippen LogP contribution in [0.5, 0.6) is 5.75 Å². The highest BCUT2D eigenvalue weighted by Crippen LogP contribution is 2.25. The molecule has 1 atom stereocenters. The number of hydrogen-bond acceptors (Lipinski definition) is 2. The van der Waals surface area contributed by atoms with Gasteiger partial charge in [-0.1, -0.05) is 30.3 Å². The van der Waals surface area contributed by atoms with Crippen LogP contribution in [0.3, 0.4) is 0 Å². The van der Waals surface area contributed by atoms with Crippen LogP contribution in [0.1, 0.15) is 24.5 Å². The fourth-order valence-corrected chi connectivity index (χ4v) is 2.05. The highest BCUT2D eigenvalue weighted by Gasteiger charge is 2.29. The highest BCUT2D eigenvalue weighted by atomic mass is 19.1. The lowest BCUT2D eigenvalue weighted by molar-refractivity contribution is -0.128. The maximum Gasteiger partial charge on any atom is 0.266 e. The summed E-state index contributed by atoms with van der Waals surface area (Å²) in [6, 6.07) is 15.2. The lowest BCUT2D eigenvalue weighted by Crippen LogP contribution is -2.33. The lowest BCUT2D eigenvalue weighted by atomic mass is 10.1. The van der Waals surface area contributed by atoms with Crippen molar-refractivity contribution < 1.29 is 13.9 Å². The molecule has 3 nitrogen and oxygen atoms in total. The van der Waals surface area contributed by atoms with Gasteiger partial charge in [-0.05, 0) is 37.1 Å². The molecule has 1 aliphatic rings. The van der Waals surface area contributed by atoms with Gasteiger partial charge in [-0.2, -0.15) is 0 Å². The van der Waals surface area contributed by atoms with Crippen molar-refractivity contribution >= 4 is 5.91 Å². The molecule has 1 fully saturated rings. The number of carbonyl (C=O) groups is 1. The molecule has 3 rings (SSSR count). The minimum Gasteiger partial charge on any atom is -0.476 e. The van der Waals surface area contributed by atoms with E-state index >= 15 is 0 Å². The van der Waals surface area contributed by atoms with Crippen LogP contribution in [0.15, 0.2) is 54.6 Å². The Labute approximate surface area is 122 Å². The Balaban J connectivity index is 1.80. The molecule has 108 valence electrons. The first-order valence-corrected chi connectivity index (χ1v) is 7.00. The molecule has 1 N–H and O–H groups in total. The van der Waals surface area contributed by atoms with Crippen LogP contribution in [0.25, 0.3) is 0 Å². The molecule has 4 heteroatoms. The molecule has 2 aromatic rings. The van der Waals surface area contributed by atoms with Crippen LogP contribution < -0.4 is 10.1 Å². The third kappa shape index (κ3) is 3.60. The van der Waals surface area contributed by atoms with Crippen LogP contribution in [0, 0.1) is 5.82 Å². The van der Waals surface area contributed by atoms with E-state index in [4.69, 9.17) is 4.74 Å². The Bertz CT molecular complexity index is 608. The van der Waals surface area contributed by atoms with Crippen molar-refractivity contribution in [1.82, 2.24) is 5.32 Å². The lowest BCUT2D eigenvalue weighted by Gasteiger charge is -2.19. The zero-order chi connectivity index (χ0) is 14.7. The van der Waals surface area contributed by atoms with Gasteiger partial charge in [0.05, 0.1) is 0 Å². The molecule has 0 saturated heterocycles. The number of hydrogen-bond donors (Lipinski definition) is 1. The van der Waals surface area contributed by atoms with Gasteiger partial charge in [-0.25, -0.2) is 4.39 Å². The fraction of sp³-hybridized carbons (Fsp3) is 0.235. The van der Waals surface area contributed by atoms with E-state index in [1.807, 2.05) is 30.3 Å². The molecule has 0 heterocycles. The second kappa shape index (κ2) is 5.95. The smallest absolute Gasteiger partial charge is 0.266 e. The fourth-order valence-electron chi connectivity index (χ4n) is 2.05. The number of carbonyl (C=O) groups excluding carboxylic acids is 1. The molecular formula is C17H16FNO2. The summed E-state index contributed by atoms with van der Waals surface area (Å²) < 4.78 is 18.7. The van der Waals surface area contributed by atoms with Crippen molar-refractivity contribution in [2.75, 3.05) is 0 Å².